The van der Waals surface area contributed by atoms with Crippen LogP contribution in [0.3, 0.4) is 0 Å². The van der Waals surface area contributed by atoms with Crippen LogP contribution in [0.5, 0.6) is 0 Å². The van der Waals surface area contributed by atoms with Crippen molar-refractivity contribution in [2.75, 3.05) is 24.7 Å². The summed E-state index contributed by atoms with van der Waals surface area (Å²) in [5, 5.41) is 4.15. The van der Waals surface area contributed by atoms with Gasteiger partial charge < -0.3 is 14.2 Å². The fourth-order valence-corrected chi connectivity index (χ4v) is 3.51. The second kappa shape index (κ2) is 6.59. The van der Waals surface area contributed by atoms with Crippen molar-refractivity contribution in [2.45, 2.75) is 44.9 Å². The molecule has 6 heteroatoms. The van der Waals surface area contributed by atoms with Gasteiger partial charge in [0.1, 0.15) is 0 Å². The lowest BCUT2D eigenvalue weighted by Crippen LogP contribution is -2.39. The second-order valence-corrected chi connectivity index (χ2v) is 7.06. The van der Waals surface area contributed by atoms with Crippen molar-refractivity contribution in [2.24, 2.45) is 0 Å². The summed E-state index contributed by atoms with van der Waals surface area (Å²) in [5.41, 5.74) is 3.36. The van der Waals surface area contributed by atoms with Crippen LogP contribution in [-0.4, -0.2) is 35.8 Å². The first kappa shape index (κ1) is 16.3. The van der Waals surface area contributed by atoms with E-state index in [0.717, 1.165) is 31.0 Å². The highest BCUT2D eigenvalue weighted by Gasteiger charge is 2.32. The monoisotopic (exact) mass is 341 g/mol. The number of hydrogen-bond donors (Lipinski definition) is 0. The van der Waals surface area contributed by atoms with Gasteiger partial charge in [-0.15, -0.1) is 0 Å². The first-order valence-corrected chi connectivity index (χ1v) is 8.90. The molecular weight excluding hydrogens is 318 g/mol. The number of amides is 1. The standard InChI is InChI=1S/C19H23N3O3/c1-12-3-5-16(9-13(12)2)22-10-14(4-6-17(22)23)19-20-18(21-25-19)15-7-8-24-11-15/h3,5,9,14-15H,4,6-8,10-11H2,1-2H3. The Kier molecular flexibility index (Phi) is 4.29. The summed E-state index contributed by atoms with van der Waals surface area (Å²) < 4.78 is 10.9. The Labute approximate surface area is 147 Å². The Bertz CT molecular complexity index is 780. The molecule has 1 amide bonds. The number of anilines is 1. The van der Waals surface area contributed by atoms with E-state index < -0.39 is 0 Å². The molecule has 2 aliphatic rings. The number of nitrogens with zero attached hydrogens (tertiary/aromatic N) is 3. The predicted octanol–water partition coefficient (Wildman–Crippen LogP) is 3.10. The molecule has 0 N–H and O–H groups in total. The zero-order valence-corrected chi connectivity index (χ0v) is 14.7. The van der Waals surface area contributed by atoms with E-state index in [1.165, 1.54) is 11.1 Å². The summed E-state index contributed by atoms with van der Waals surface area (Å²) >= 11 is 0. The molecule has 0 radical (unpaired) electrons. The van der Waals surface area contributed by atoms with Gasteiger partial charge in [-0.3, -0.25) is 4.79 Å². The Morgan fingerprint density at radius 2 is 2.04 bits per heavy atom. The van der Waals surface area contributed by atoms with Gasteiger partial charge >= 0.3 is 0 Å². The SMILES string of the molecule is Cc1ccc(N2CC(c3nc(C4CCOC4)no3)CCC2=O)cc1C. The van der Waals surface area contributed by atoms with Crippen molar-refractivity contribution >= 4 is 11.6 Å². The van der Waals surface area contributed by atoms with E-state index in [2.05, 4.69) is 36.1 Å². The normalized spacial score (nSPS) is 24.1. The first-order chi connectivity index (χ1) is 12.1. The molecule has 0 aliphatic carbocycles. The summed E-state index contributed by atoms with van der Waals surface area (Å²) in [4.78, 5) is 18.9. The number of aromatic nitrogens is 2. The van der Waals surface area contributed by atoms with Gasteiger partial charge in [0, 0.05) is 31.2 Å². The highest BCUT2D eigenvalue weighted by Crippen LogP contribution is 2.32. The third-order valence-corrected chi connectivity index (χ3v) is 5.31. The zero-order chi connectivity index (χ0) is 17.4. The zero-order valence-electron chi connectivity index (χ0n) is 14.7. The van der Waals surface area contributed by atoms with Crippen LogP contribution in [-0.2, 0) is 9.53 Å². The van der Waals surface area contributed by atoms with Gasteiger partial charge in [0.2, 0.25) is 11.8 Å². The van der Waals surface area contributed by atoms with Crippen LogP contribution in [0, 0.1) is 13.8 Å². The van der Waals surface area contributed by atoms with Crippen LogP contribution in [0.15, 0.2) is 22.7 Å². The topological polar surface area (TPSA) is 68.5 Å². The fraction of sp³-hybridized carbons (Fsp3) is 0.526. The molecule has 0 spiro atoms. The molecule has 4 rings (SSSR count). The van der Waals surface area contributed by atoms with Gasteiger partial charge in [0.15, 0.2) is 5.82 Å². The van der Waals surface area contributed by atoms with E-state index in [4.69, 9.17) is 9.26 Å². The molecule has 132 valence electrons. The quantitative estimate of drug-likeness (QED) is 0.858. The lowest BCUT2D eigenvalue weighted by Gasteiger charge is -2.31. The third-order valence-electron chi connectivity index (χ3n) is 5.31. The summed E-state index contributed by atoms with van der Waals surface area (Å²) in [5.74, 6) is 1.86. The minimum atomic E-state index is 0.0860. The summed E-state index contributed by atoms with van der Waals surface area (Å²) in [7, 11) is 0. The molecule has 2 saturated heterocycles. The number of ether oxygens (including phenoxy) is 1. The van der Waals surface area contributed by atoms with Gasteiger partial charge in [-0.25, -0.2) is 0 Å². The van der Waals surface area contributed by atoms with Crippen molar-refractivity contribution < 1.29 is 14.1 Å². The molecule has 3 heterocycles. The van der Waals surface area contributed by atoms with Crippen LogP contribution >= 0.6 is 0 Å². The van der Waals surface area contributed by atoms with Crippen LogP contribution in [0.1, 0.15) is 53.9 Å². The molecule has 2 aromatic rings. The Morgan fingerprint density at radius 3 is 2.80 bits per heavy atom. The van der Waals surface area contributed by atoms with Crippen molar-refractivity contribution in [3.8, 4) is 0 Å². The highest BCUT2D eigenvalue weighted by molar-refractivity contribution is 5.94. The average molecular weight is 341 g/mol. The molecule has 2 fully saturated rings. The summed E-state index contributed by atoms with van der Waals surface area (Å²) in [6, 6.07) is 6.15. The summed E-state index contributed by atoms with van der Waals surface area (Å²) in [6.07, 6.45) is 2.20. The molecule has 2 aliphatic heterocycles. The largest absolute Gasteiger partial charge is 0.381 e. The molecule has 0 saturated carbocycles. The van der Waals surface area contributed by atoms with E-state index in [-0.39, 0.29) is 17.7 Å². The van der Waals surface area contributed by atoms with Crippen LogP contribution in [0.4, 0.5) is 5.69 Å². The maximum absolute atomic E-state index is 12.4. The van der Waals surface area contributed by atoms with Crippen LogP contribution < -0.4 is 4.90 Å². The Morgan fingerprint density at radius 1 is 1.16 bits per heavy atom. The number of rotatable bonds is 3. The lowest BCUT2D eigenvalue weighted by molar-refractivity contribution is -0.119. The van der Waals surface area contributed by atoms with E-state index >= 15 is 0 Å². The number of benzene rings is 1. The predicted molar refractivity (Wildman–Crippen MR) is 92.7 cm³/mol. The molecule has 1 aromatic carbocycles. The third kappa shape index (κ3) is 3.18. The van der Waals surface area contributed by atoms with Crippen molar-refractivity contribution in [1.29, 1.82) is 0 Å². The number of carbonyl (C=O) groups excluding carboxylic acids is 1. The van der Waals surface area contributed by atoms with Crippen molar-refractivity contribution in [1.82, 2.24) is 10.1 Å². The van der Waals surface area contributed by atoms with Gasteiger partial charge in [-0.05, 0) is 49.9 Å². The number of piperidine rings is 1. The molecule has 6 nitrogen and oxygen atoms in total. The number of aryl methyl sites for hydroxylation is 2. The van der Waals surface area contributed by atoms with Crippen molar-refractivity contribution in [3.63, 3.8) is 0 Å². The van der Waals surface area contributed by atoms with Gasteiger partial charge in [0.25, 0.3) is 0 Å². The van der Waals surface area contributed by atoms with Gasteiger partial charge in [-0.1, -0.05) is 11.2 Å². The molecule has 2 atom stereocenters. The molecule has 1 aromatic heterocycles. The highest BCUT2D eigenvalue weighted by atomic mass is 16.5. The second-order valence-electron chi connectivity index (χ2n) is 7.06. The Balaban J connectivity index is 1.53. The minimum absolute atomic E-state index is 0.0860. The van der Waals surface area contributed by atoms with Crippen LogP contribution in [0.2, 0.25) is 0 Å². The average Bonchev–Trinajstić information content (AvgIpc) is 3.29. The molecule has 2 unspecified atom stereocenters. The van der Waals surface area contributed by atoms with E-state index in [0.29, 0.717) is 25.5 Å². The molecular formula is C19H23N3O3. The van der Waals surface area contributed by atoms with E-state index in [1.807, 2.05) is 11.0 Å². The molecule has 0 bridgehead atoms. The summed E-state index contributed by atoms with van der Waals surface area (Å²) in [6.45, 7) is 6.15. The number of hydrogen-bond acceptors (Lipinski definition) is 5. The molecule has 25 heavy (non-hydrogen) atoms. The van der Waals surface area contributed by atoms with E-state index in [9.17, 15) is 4.79 Å². The number of carbonyl (C=O) groups is 1. The van der Waals surface area contributed by atoms with E-state index in [1.54, 1.807) is 0 Å². The maximum atomic E-state index is 12.4. The minimum Gasteiger partial charge on any atom is -0.381 e. The van der Waals surface area contributed by atoms with Gasteiger partial charge in [0.05, 0.1) is 12.5 Å². The Hall–Kier alpha value is -2.21. The fourth-order valence-electron chi connectivity index (χ4n) is 3.51. The first-order valence-electron chi connectivity index (χ1n) is 8.90. The maximum Gasteiger partial charge on any atom is 0.231 e. The van der Waals surface area contributed by atoms with Crippen molar-refractivity contribution in [3.05, 3.63) is 41.0 Å². The smallest absolute Gasteiger partial charge is 0.231 e. The van der Waals surface area contributed by atoms with Crippen LogP contribution in [0.25, 0.3) is 0 Å². The lowest BCUT2D eigenvalue weighted by atomic mass is 9.96. The van der Waals surface area contributed by atoms with Gasteiger partial charge in [-0.2, -0.15) is 4.98 Å².